The molecule has 1 fully saturated rings. The summed E-state index contributed by atoms with van der Waals surface area (Å²) in [4.78, 5) is 24.9. The van der Waals surface area contributed by atoms with Crippen molar-refractivity contribution < 1.29 is 19.4 Å². The van der Waals surface area contributed by atoms with E-state index in [1.54, 1.807) is 25.1 Å². The highest BCUT2D eigenvalue weighted by Gasteiger charge is 2.63. The third kappa shape index (κ3) is 2.24. The van der Waals surface area contributed by atoms with E-state index in [9.17, 15) is 9.59 Å². The normalized spacial score (nSPS) is 27.5. The van der Waals surface area contributed by atoms with Crippen LogP contribution in [0, 0.1) is 0 Å². The third-order valence-corrected chi connectivity index (χ3v) is 5.37. The summed E-state index contributed by atoms with van der Waals surface area (Å²) in [6, 6.07) is 7.20. The number of benzene rings is 1. The Hall–Kier alpha value is -1.47. The van der Waals surface area contributed by atoms with Gasteiger partial charge in [0.05, 0.1) is 0 Å². The standard InChI is InChI=1S/C14H12BrNO4S/c1-14(20-9-4-2-8(15)3-5-9)12(19)16-10(11(17)18)6-7-21-13(14)16/h2-6,13H,7H2,1H3,(H,17,18)/t13-,14?/m0/s1. The van der Waals surface area contributed by atoms with E-state index < -0.39 is 11.6 Å². The number of β-lactam (4-membered cyclic amide) rings is 1. The van der Waals surface area contributed by atoms with Crippen LogP contribution in [0.25, 0.3) is 0 Å². The molecule has 1 N–H and O–H groups in total. The number of hydrogen-bond donors (Lipinski definition) is 1. The third-order valence-electron chi connectivity index (χ3n) is 3.50. The second-order valence-corrected chi connectivity index (χ2v) is 6.95. The molecule has 2 aliphatic heterocycles. The lowest BCUT2D eigenvalue weighted by atomic mass is 9.92. The second-order valence-electron chi connectivity index (χ2n) is 4.92. The lowest BCUT2D eigenvalue weighted by Gasteiger charge is -2.54. The zero-order valence-corrected chi connectivity index (χ0v) is 13.5. The first-order valence-corrected chi connectivity index (χ1v) is 8.11. The number of aliphatic carboxylic acids is 1. The Labute approximate surface area is 134 Å². The van der Waals surface area contributed by atoms with Gasteiger partial charge in [0.25, 0.3) is 5.91 Å². The van der Waals surface area contributed by atoms with Crippen molar-refractivity contribution in [3.05, 3.63) is 40.5 Å². The highest BCUT2D eigenvalue weighted by atomic mass is 79.9. The average molecular weight is 370 g/mol. The van der Waals surface area contributed by atoms with E-state index in [-0.39, 0.29) is 17.0 Å². The number of carbonyl (C=O) groups is 2. The first kappa shape index (κ1) is 14.5. The van der Waals surface area contributed by atoms with Crippen LogP contribution >= 0.6 is 27.7 Å². The lowest BCUT2D eigenvalue weighted by Crippen LogP contribution is -2.74. The molecule has 1 aromatic rings. The van der Waals surface area contributed by atoms with Crippen LogP contribution in [0.3, 0.4) is 0 Å². The number of ether oxygens (including phenoxy) is 1. The number of carboxylic acids is 1. The van der Waals surface area contributed by atoms with Gasteiger partial charge in [-0.2, -0.15) is 0 Å². The predicted molar refractivity (Wildman–Crippen MR) is 82.0 cm³/mol. The van der Waals surface area contributed by atoms with Crippen molar-refractivity contribution in [2.24, 2.45) is 0 Å². The van der Waals surface area contributed by atoms with Gasteiger partial charge in [-0.1, -0.05) is 15.9 Å². The molecule has 110 valence electrons. The molecule has 0 radical (unpaired) electrons. The largest absolute Gasteiger partial charge is 0.477 e. The Morgan fingerprint density at radius 1 is 1.48 bits per heavy atom. The van der Waals surface area contributed by atoms with Gasteiger partial charge in [0, 0.05) is 10.2 Å². The minimum atomic E-state index is -1.08. The summed E-state index contributed by atoms with van der Waals surface area (Å²) in [6.07, 6.45) is 1.56. The van der Waals surface area contributed by atoms with Crippen LogP contribution in [0.4, 0.5) is 0 Å². The summed E-state index contributed by atoms with van der Waals surface area (Å²) >= 11 is 4.84. The summed E-state index contributed by atoms with van der Waals surface area (Å²) in [5, 5.41) is 8.84. The first-order chi connectivity index (χ1) is 9.93. The molecule has 0 aromatic heterocycles. The van der Waals surface area contributed by atoms with E-state index in [0.29, 0.717) is 11.5 Å². The van der Waals surface area contributed by atoms with Gasteiger partial charge in [-0.15, -0.1) is 11.8 Å². The minimum Gasteiger partial charge on any atom is -0.477 e. The van der Waals surface area contributed by atoms with E-state index in [0.717, 1.165) is 4.47 Å². The van der Waals surface area contributed by atoms with Crippen LogP contribution in [0.5, 0.6) is 5.75 Å². The first-order valence-electron chi connectivity index (χ1n) is 6.27. The van der Waals surface area contributed by atoms with E-state index in [4.69, 9.17) is 9.84 Å². The fraction of sp³-hybridized carbons (Fsp3) is 0.286. The number of amides is 1. The van der Waals surface area contributed by atoms with Crippen molar-refractivity contribution in [3.63, 3.8) is 0 Å². The number of hydrogen-bond acceptors (Lipinski definition) is 4. The minimum absolute atomic E-state index is 0.0423. The molecule has 2 heterocycles. The number of fused-ring (bicyclic) bond motifs is 1. The quantitative estimate of drug-likeness (QED) is 0.829. The van der Waals surface area contributed by atoms with Gasteiger partial charge in [0.15, 0.2) is 0 Å². The fourth-order valence-electron chi connectivity index (χ4n) is 2.45. The molecule has 5 nitrogen and oxygen atoms in total. The maximum atomic E-state index is 12.4. The van der Waals surface area contributed by atoms with Gasteiger partial charge in [0.2, 0.25) is 5.60 Å². The lowest BCUT2D eigenvalue weighted by molar-refractivity contribution is -0.170. The fourth-order valence-corrected chi connectivity index (χ4v) is 3.98. The zero-order valence-electron chi connectivity index (χ0n) is 11.1. The van der Waals surface area contributed by atoms with Crippen molar-refractivity contribution in [1.82, 2.24) is 4.90 Å². The number of rotatable bonds is 3. The molecule has 21 heavy (non-hydrogen) atoms. The van der Waals surface area contributed by atoms with Crippen molar-refractivity contribution in [2.45, 2.75) is 17.9 Å². The molecule has 2 aliphatic rings. The summed E-state index contributed by atoms with van der Waals surface area (Å²) in [6.45, 7) is 1.70. The van der Waals surface area contributed by atoms with Gasteiger partial charge in [-0.05, 0) is 37.3 Å². The molecule has 1 aromatic carbocycles. The van der Waals surface area contributed by atoms with E-state index in [2.05, 4.69) is 15.9 Å². The van der Waals surface area contributed by atoms with Crippen LogP contribution in [-0.2, 0) is 9.59 Å². The van der Waals surface area contributed by atoms with Crippen LogP contribution in [0.15, 0.2) is 40.5 Å². The van der Waals surface area contributed by atoms with Crippen LogP contribution in [0.2, 0.25) is 0 Å². The van der Waals surface area contributed by atoms with Crippen molar-refractivity contribution >= 4 is 39.6 Å². The molecule has 1 saturated heterocycles. The molecule has 0 spiro atoms. The highest BCUT2D eigenvalue weighted by Crippen LogP contribution is 2.46. The zero-order chi connectivity index (χ0) is 15.2. The number of carbonyl (C=O) groups excluding carboxylic acids is 1. The van der Waals surface area contributed by atoms with Crippen molar-refractivity contribution in [2.75, 3.05) is 5.75 Å². The topological polar surface area (TPSA) is 66.8 Å². The van der Waals surface area contributed by atoms with Gasteiger partial charge in [-0.3, -0.25) is 9.69 Å². The van der Waals surface area contributed by atoms with Crippen LogP contribution in [0.1, 0.15) is 6.92 Å². The van der Waals surface area contributed by atoms with E-state index >= 15 is 0 Å². The number of carboxylic acid groups (broad SMARTS) is 1. The average Bonchev–Trinajstić information content (AvgIpc) is 2.48. The van der Waals surface area contributed by atoms with Crippen molar-refractivity contribution in [3.8, 4) is 5.75 Å². The molecular formula is C14H12BrNO4S. The molecule has 3 rings (SSSR count). The Bertz CT molecular complexity index is 645. The summed E-state index contributed by atoms with van der Waals surface area (Å²) in [5.41, 5.74) is -0.992. The Balaban J connectivity index is 1.84. The summed E-state index contributed by atoms with van der Waals surface area (Å²) in [7, 11) is 0. The molecular weight excluding hydrogens is 358 g/mol. The molecule has 0 saturated carbocycles. The monoisotopic (exact) mass is 369 g/mol. The van der Waals surface area contributed by atoms with E-state index in [1.807, 2.05) is 12.1 Å². The van der Waals surface area contributed by atoms with Gasteiger partial charge >= 0.3 is 5.97 Å². The molecule has 2 atom stereocenters. The maximum absolute atomic E-state index is 12.4. The van der Waals surface area contributed by atoms with Crippen molar-refractivity contribution in [1.29, 1.82) is 0 Å². The maximum Gasteiger partial charge on any atom is 0.352 e. The second kappa shape index (κ2) is 5.06. The Kier molecular flexibility index (Phi) is 3.49. The van der Waals surface area contributed by atoms with Gasteiger partial charge in [-0.25, -0.2) is 4.79 Å². The molecule has 1 amide bonds. The van der Waals surface area contributed by atoms with Crippen LogP contribution < -0.4 is 4.74 Å². The molecule has 0 bridgehead atoms. The summed E-state index contributed by atoms with van der Waals surface area (Å²) in [5.74, 6) is -0.272. The number of nitrogens with zero attached hydrogens (tertiary/aromatic N) is 1. The van der Waals surface area contributed by atoms with Gasteiger partial charge in [0.1, 0.15) is 16.8 Å². The molecule has 1 unspecified atom stereocenters. The SMILES string of the molecule is CC1(Oc2ccc(Br)cc2)C(=O)N2C(C(=O)O)=CCS[C@H]21. The number of thioether (sulfide) groups is 1. The Morgan fingerprint density at radius 3 is 2.76 bits per heavy atom. The molecule has 0 aliphatic carbocycles. The predicted octanol–water partition coefficient (Wildman–Crippen LogP) is 2.47. The number of halogens is 1. The van der Waals surface area contributed by atoms with Gasteiger partial charge < -0.3 is 9.84 Å². The Morgan fingerprint density at radius 2 is 2.14 bits per heavy atom. The smallest absolute Gasteiger partial charge is 0.352 e. The highest BCUT2D eigenvalue weighted by molar-refractivity contribution is 9.10. The molecule has 7 heteroatoms. The summed E-state index contributed by atoms with van der Waals surface area (Å²) < 4.78 is 6.77. The van der Waals surface area contributed by atoms with Crippen LogP contribution in [-0.4, -0.2) is 38.6 Å². The van der Waals surface area contributed by atoms with E-state index in [1.165, 1.54) is 16.7 Å².